The summed E-state index contributed by atoms with van der Waals surface area (Å²) in [6.07, 6.45) is 4.08. The van der Waals surface area contributed by atoms with Crippen LogP contribution in [-0.2, 0) is 13.1 Å². The van der Waals surface area contributed by atoms with Gasteiger partial charge >= 0.3 is 0 Å². The van der Waals surface area contributed by atoms with Gasteiger partial charge in [-0.3, -0.25) is 14.5 Å². The molecule has 1 aliphatic heterocycles. The maximum Gasteiger partial charge on any atom is 0.261 e. The minimum atomic E-state index is -0.304. The molecule has 1 aliphatic rings. The van der Waals surface area contributed by atoms with E-state index < -0.39 is 0 Å². The van der Waals surface area contributed by atoms with Crippen molar-refractivity contribution < 1.29 is 19.3 Å². The van der Waals surface area contributed by atoms with E-state index in [0.29, 0.717) is 34.4 Å². The Hall–Kier alpha value is -4.43. The molecule has 3 aromatic carbocycles. The maximum atomic E-state index is 13.6. The van der Waals surface area contributed by atoms with Crippen molar-refractivity contribution in [2.75, 3.05) is 24.6 Å². The fourth-order valence-corrected chi connectivity index (χ4v) is 5.16. The van der Waals surface area contributed by atoms with Crippen LogP contribution >= 0.6 is 0 Å². The molecule has 0 aliphatic carbocycles. The van der Waals surface area contributed by atoms with E-state index in [4.69, 9.17) is 0 Å². The zero-order valence-electron chi connectivity index (χ0n) is 23.0. The highest BCUT2D eigenvalue weighted by Gasteiger charge is 2.35. The number of aliphatic hydroxyl groups excluding tert-OH is 1. The molecule has 0 spiro atoms. The Morgan fingerprint density at radius 2 is 1.65 bits per heavy atom. The molecule has 40 heavy (non-hydrogen) atoms. The minimum Gasteiger partial charge on any atom is -0.395 e. The molecule has 0 bridgehead atoms. The first-order chi connectivity index (χ1) is 19.5. The van der Waals surface area contributed by atoms with E-state index in [0.717, 1.165) is 42.7 Å². The Kier molecular flexibility index (Phi) is 8.26. The summed E-state index contributed by atoms with van der Waals surface area (Å²) in [5, 5.41) is 19.5. The Balaban J connectivity index is 1.43. The Labute approximate surface area is 234 Å². The molecular weight excluding hydrogens is 502 g/mol. The molecular formula is C32H34N5O3+. The molecule has 0 saturated heterocycles. The number of aryl methyl sites for hydroxylation is 1. The van der Waals surface area contributed by atoms with Gasteiger partial charge in [0, 0.05) is 59.2 Å². The second-order valence-electron chi connectivity index (χ2n) is 9.82. The second-order valence-corrected chi connectivity index (χ2v) is 9.82. The topological polar surface area (TPSA) is 89.4 Å². The van der Waals surface area contributed by atoms with E-state index in [9.17, 15) is 14.7 Å². The van der Waals surface area contributed by atoms with Crippen LogP contribution in [0.5, 0.6) is 0 Å². The molecule has 8 heteroatoms. The van der Waals surface area contributed by atoms with Crippen LogP contribution in [-0.4, -0.2) is 41.5 Å². The normalized spacial score (nSPS) is 13.0. The van der Waals surface area contributed by atoms with E-state index in [1.165, 1.54) is 4.90 Å². The number of hydrogen-bond donors (Lipinski definition) is 1. The highest BCUT2D eigenvalue weighted by molar-refractivity contribution is 6.26. The number of aromatic nitrogens is 1. The van der Waals surface area contributed by atoms with Crippen LogP contribution in [0.25, 0.3) is 10.8 Å². The summed E-state index contributed by atoms with van der Waals surface area (Å²) < 4.78 is 2.11. The molecule has 8 nitrogen and oxygen atoms in total. The lowest BCUT2D eigenvalue weighted by Gasteiger charge is -2.26. The van der Waals surface area contributed by atoms with Crippen molar-refractivity contribution in [2.45, 2.75) is 39.8 Å². The van der Waals surface area contributed by atoms with Crippen molar-refractivity contribution in [3.05, 3.63) is 95.8 Å². The number of carbonyl (C=O) groups is 2. The third kappa shape index (κ3) is 5.35. The van der Waals surface area contributed by atoms with Crippen molar-refractivity contribution in [1.82, 2.24) is 4.90 Å². The number of anilines is 1. The summed E-state index contributed by atoms with van der Waals surface area (Å²) in [7, 11) is 0. The average Bonchev–Trinajstić information content (AvgIpc) is 2.99. The quantitative estimate of drug-likeness (QED) is 0.146. The Morgan fingerprint density at radius 3 is 2.38 bits per heavy atom. The van der Waals surface area contributed by atoms with Gasteiger partial charge in [-0.1, -0.05) is 31.5 Å². The van der Waals surface area contributed by atoms with Crippen molar-refractivity contribution in [3.8, 4) is 0 Å². The minimum absolute atomic E-state index is 0.0916. The first kappa shape index (κ1) is 27.1. The number of carbonyl (C=O) groups excluding carboxylic acids is 2. The van der Waals surface area contributed by atoms with Gasteiger partial charge in [0.15, 0.2) is 6.20 Å². The number of benzene rings is 3. The van der Waals surface area contributed by atoms with Gasteiger partial charge in [-0.25, -0.2) is 4.57 Å². The molecule has 0 atom stereocenters. The van der Waals surface area contributed by atoms with Crippen molar-refractivity contribution in [1.29, 1.82) is 0 Å². The molecule has 2 heterocycles. The number of unbranched alkanes of at least 4 members (excludes halogenated alkanes) is 1. The fourth-order valence-electron chi connectivity index (χ4n) is 5.16. The number of likely N-dealkylation sites (N-methyl/N-ethyl adjacent to an activating group) is 1. The highest BCUT2D eigenvalue weighted by atomic mass is 16.3. The van der Waals surface area contributed by atoms with Gasteiger partial charge in [0.2, 0.25) is 5.69 Å². The summed E-state index contributed by atoms with van der Waals surface area (Å²) in [6, 6.07) is 22.5. The van der Waals surface area contributed by atoms with Crippen LogP contribution in [0.2, 0.25) is 0 Å². The highest BCUT2D eigenvalue weighted by Crippen LogP contribution is 2.36. The summed E-state index contributed by atoms with van der Waals surface area (Å²) in [5.74, 6) is -0.607. The van der Waals surface area contributed by atoms with Gasteiger partial charge in [0.1, 0.15) is 13.1 Å². The number of rotatable bonds is 11. The van der Waals surface area contributed by atoms with Gasteiger partial charge in [-0.2, -0.15) is 5.11 Å². The van der Waals surface area contributed by atoms with Crippen LogP contribution in [0.1, 0.15) is 53.1 Å². The Bertz CT molecular complexity index is 1540. The zero-order valence-corrected chi connectivity index (χ0v) is 23.0. The predicted octanol–water partition coefficient (Wildman–Crippen LogP) is 5.96. The molecule has 204 valence electrons. The molecule has 4 aromatic rings. The van der Waals surface area contributed by atoms with E-state index in [2.05, 4.69) is 26.6 Å². The summed E-state index contributed by atoms with van der Waals surface area (Å²) in [6.45, 7) is 6.69. The number of amides is 2. The van der Waals surface area contributed by atoms with Gasteiger partial charge < -0.3 is 10.0 Å². The van der Waals surface area contributed by atoms with E-state index in [1.807, 2.05) is 67.7 Å². The standard InChI is InChI=1S/C32H34N5O3/c1-3-5-18-36-19-7-6-9-25(36)22-37-31(39)27-11-8-10-26-29(17-16-28(30(26)27)32(37)40)34-33-23-12-14-24(15-13-23)35(4-2)20-21-38/h6-17,19,38H,3-5,18,20-22H2,1-2H3/q+1. The first-order valence-corrected chi connectivity index (χ1v) is 13.8. The van der Waals surface area contributed by atoms with Gasteiger partial charge in [-0.15, -0.1) is 5.11 Å². The van der Waals surface area contributed by atoms with Crippen LogP contribution < -0.4 is 9.47 Å². The molecule has 0 unspecified atom stereocenters. The molecule has 1 N–H and O–H groups in total. The number of azo groups is 1. The number of aliphatic hydroxyl groups is 1. The fraction of sp³-hybridized carbons (Fsp3) is 0.281. The molecule has 2 amide bonds. The Morgan fingerprint density at radius 1 is 0.875 bits per heavy atom. The van der Waals surface area contributed by atoms with Crippen LogP contribution in [0.15, 0.2) is 89.2 Å². The number of pyridine rings is 1. The van der Waals surface area contributed by atoms with Gasteiger partial charge in [-0.05, 0) is 49.4 Å². The monoisotopic (exact) mass is 536 g/mol. The van der Waals surface area contributed by atoms with Gasteiger partial charge in [0.05, 0.1) is 18.0 Å². The number of imide groups is 1. The lowest BCUT2D eigenvalue weighted by Crippen LogP contribution is -2.45. The number of hydrogen-bond acceptors (Lipinski definition) is 6. The molecule has 0 radical (unpaired) electrons. The van der Waals surface area contributed by atoms with E-state index in [-0.39, 0.29) is 25.0 Å². The molecule has 5 rings (SSSR count). The molecule has 0 fully saturated rings. The molecule has 1 aromatic heterocycles. The van der Waals surface area contributed by atoms with Crippen molar-refractivity contribution >= 4 is 39.6 Å². The summed E-state index contributed by atoms with van der Waals surface area (Å²) >= 11 is 0. The van der Waals surface area contributed by atoms with Crippen molar-refractivity contribution in [3.63, 3.8) is 0 Å². The third-order valence-electron chi connectivity index (χ3n) is 7.32. The van der Waals surface area contributed by atoms with E-state index in [1.54, 1.807) is 18.2 Å². The third-order valence-corrected chi connectivity index (χ3v) is 7.32. The lowest BCUT2D eigenvalue weighted by atomic mass is 9.93. The van der Waals surface area contributed by atoms with Crippen LogP contribution in [0, 0.1) is 0 Å². The van der Waals surface area contributed by atoms with Crippen LogP contribution in [0.4, 0.5) is 17.1 Å². The summed E-state index contributed by atoms with van der Waals surface area (Å²) in [4.78, 5) is 30.6. The van der Waals surface area contributed by atoms with Crippen molar-refractivity contribution in [2.24, 2.45) is 10.2 Å². The summed E-state index contributed by atoms with van der Waals surface area (Å²) in [5.41, 5.74) is 4.19. The van der Waals surface area contributed by atoms with Crippen LogP contribution in [0.3, 0.4) is 0 Å². The largest absolute Gasteiger partial charge is 0.395 e. The average molecular weight is 537 g/mol. The molecule has 0 saturated carbocycles. The smallest absolute Gasteiger partial charge is 0.261 e. The van der Waals surface area contributed by atoms with E-state index >= 15 is 0 Å². The van der Waals surface area contributed by atoms with Gasteiger partial charge in [0.25, 0.3) is 11.8 Å². The number of nitrogens with zero attached hydrogens (tertiary/aromatic N) is 5. The first-order valence-electron chi connectivity index (χ1n) is 13.8. The zero-order chi connectivity index (χ0) is 28.1. The second kappa shape index (κ2) is 12.2. The SMILES string of the molecule is CCCC[n+]1ccccc1CN1C(=O)c2cccc3c(N=Nc4ccc(N(CC)CCO)cc4)ccc(c23)C1=O. The maximum absolute atomic E-state index is 13.6. The predicted molar refractivity (Wildman–Crippen MR) is 155 cm³/mol. The lowest BCUT2D eigenvalue weighted by molar-refractivity contribution is -0.705.